The highest BCUT2D eigenvalue weighted by Gasteiger charge is 2.03. The third kappa shape index (κ3) is 6.44. The van der Waals surface area contributed by atoms with Crippen molar-refractivity contribution in [3.05, 3.63) is 17.8 Å². The quantitative estimate of drug-likeness (QED) is 0.637. The van der Waals surface area contributed by atoms with Gasteiger partial charge in [0.05, 0.1) is 12.8 Å². The average molecular weight is 240 g/mol. The van der Waals surface area contributed by atoms with Crippen LogP contribution >= 0.6 is 0 Å². The van der Waals surface area contributed by atoms with E-state index < -0.39 is 0 Å². The molecule has 0 saturated carbocycles. The fourth-order valence-electron chi connectivity index (χ4n) is 1.56. The molecule has 0 aliphatic heterocycles. The van der Waals surface area contributed by atoms with Gasteiger partial charge < -0.3 is 14.5 Å². The lowest BCUT2D eigenvalue weighted by atomic mass is 10.3. The van der Waals surface area contributed by atoms with Crippen molar-refractivity contribution in [2.75, 3.05) is 26.3 Å². The molecule has 0 fully saturated rings. The molecule has 0 spiro atoms. The number of nitrogens with one attached hydrogen (secondary N) is 1. The van der Waals surface area contributed by atoms with Crippen LogP contribution in [0.2, 0.25) is 0 Å². The molecule has 1 rings (SSSR count). The van der Waals surface area contributed by atoms with Crippen molar-refractivity contribution >= 4 is 0 Å². The molecule has 1 aromatic rings. The van der Waals surface area contributed by atoms with Gasteiger partial charge in [-0.25, -0.2) is 4.98 Å². The standard InChI is InChI=1S/C13H24N2O2/c1-3-8-14-9-5-6-13-15-11-12(17-13)7-10-16-4-2/h11,14H,3-10H2,1-2H3. The number of hydrogen-bond acceptors (Lipinski definition) is 4. The largest absolute Gasteiger partial charge is 0.446 e. The zero-order valence-corrected chi connectivity index (χ0v) is 11.0. The highest BCUT2D eigenvalue weighted by Crippen LogP contribution is 2.06. The van der Waals surface area contributed by atoms with Gasteiger partial charge in [0.1, 0.15) is 5.76 Å². The molecule has 4 heteroatoms. The Labute approximate surface area is 104 Å². The van der Waals surface area contributed by atoms with Crippen LogP contribution in [-0.2, 0) is 17.6 Å². The number of oxazole rings is 1. The lowest BCUT2D eigenvalue weighted by molar-refractivity contribution is 0.146. The number of hydrogen-bond donors (Lipinski definition) is 1. The second kappa shape index (κ2) is 9.19. The van der Waals surface area contributed by atoms with Crippen molar-refractivity contribution in [3.63, 3.8) is 0 Å². The number of aromatic nitrogens is 1. The van der Waals surface area contributed by atoms with Crippen molar-refractivity contribution in [1.82, 2.24) is 10.3 Å². The molecule has 0 bridgehead atoms. The predicted octanol–water partition coefficient (Wildman–Crippen LogP) is 2.19. The Kier molecular flexibility index (Phi) is 7.67. The molecule has 0 aliphatic rings. The van der Waals surface area contributed by atoms with Crippen molar-refractivity contribution < 1.29 is 9.15 Å². The minimum Gasteiger partial charge on any atom is -0.446 e. The minimum absolute atomic E-state index is 0.711. The highest BCUT2D eigenvalue weighted by molar-refractivity contribution is 4.94. The van der Waals surface area contributed by atoms with Crippen LogP contribution in [0.15, 0.2) is 10.6 Å². The van der Waals surface area contributed by atoms with E-state index in [2.05, 4.69) is 17.2 Å². The summed E-state index contributed by atoms with van der Waals surface area (Å²) in [6.45, 7) is 7.75. The SMILES string of the molecule is CCCNCCCc1ncc(CCOCC)o1. The topological polar surface area (TPSA) is 47.3 Å². The lowest BCUT2D eigenvalue weighted by Crippen LogP contribution is -2.16. The fourth-order valence-corrected chi connectivity index (χ4v) is 1.56. The first-order chi connectivity index (χ1) is 8.36. The van der Waals surface area contributed by atoms with Crippen LogP contribution in [0.25, 0.3) is 0 Å². The number of aryl methyl sites for hydroxylation is 1. The molecular formula is C13H24N2O2. The van der Waals surface area contributed by atoms with E-state index in [1.54, 1.807) is 0 Å². The summed E-state index contributed by atoms with van der Waals surface area (Å²) in [6, 6.07) is 0. The Morgan fingerprint density at radius 1 is 1.29 bits per heavy atom. The summed E-state index contributed by atoms with van der Waals surface area (Å²) < 4.78 is 10.9. The van der Waals surface area contributed by atoms with Crippen molar-refractivity contribution in [1.29, 1.82) is 0 Å². The van der Waals surface area contributed by atoms with Crippen LogP contribution in [0.1, 0.15) is 38.3 Å². The molecule has 1 N–H and O–H groups in total. The summed E-state index contributed by atoms with van der Waals surface area (Å²) in [5, 5.41) is 3.36. The van der Waals surface area contributed by atoms with Crippen LogP contribution in [0, 0.1) is 0 Å². The predicted molar refractivity (Wildman–Crippen MR) is 68.2 cm³/mol. The van der Waals surface area contributed by atoms with E-state index in [4.69, 9.17) is 9.15 Å². The minimum atomic E-state index is 0.711. The molecule has 0 amide bonds. The van der Waals surface area contributed by atoms with Crippen molar-refractivity contribution in [3.8, 4) is 0 Å². The van der Waals surface area contributed by atoms with E-state index in [1.807, 2.05) is 13.1 Å². The van der Waals surface area contributed by atoms with E-state index in [1.165, 1.54) is 6.42 Å². The normalized spacial score (nSPS) is 10.9. The van der Waals surface area contributed by atoms with E-state index in [9.17, 15) is 0 Å². The van der Waals surface area contributed by atoms with Gasteiger partial charge in [-0.1, -0.05) is 6.92 Å². The maximum absolute atomic E-state index is 5.62. The summed E-state index contributed by atoms with van der Waals surface area (Å²) in [5.74, 6) is 1.77. The molecule has 0 unspecified atom stereocenters. The van der Waals surface area contributed by atoms with Gasteiger partial charge in [0.15, 0.2) is 5.89 Å². The summed E-state index contributed by atoms with van der Waals surface area (Å²) in [6.07, 6.45) is 5.79. The fraction of sp³-hybridized carbons (Fsp3) is 0.769. The molecule has 1 heterocycles. The second-order valence-electron chi connectivity index (χ2n) is 4.02. The Balaban J connectivity index is 2.12. The zero-order chi connectivity index (χ0) is 12.3. The van der Waals surface area contributed by atoms with Gasteiger partial charge in [0.25, 0.3) is 0 Å². The molecular weight excluding hydrogens is 216 g/mol. The molecule has 0 radical (unpaired) electrons. The second-order valence-corrected chi connectivity index (χ2v) is 4.02. The lowest BCUT2D eigenvalue weighted by Gasteiger charge is -2.00. The molecule has 0 atom stereocenters. The summed E-state index contributed by atoms with van der Waals surface area (Å²) in [7, 11) is 0. The maximum Gasteiger partial charge on any atom is 0.194 e. The molecule has 0 saturated heterocycles. The molecule has 4 nitrogen and oxygen atoms in total. The van der Waals surface area contributed by atoms with Crippen molar-refractivity contribution in [2.24, 2.45) is 0 Å². The third-order valence-corrected chi connectivity index (χ3v) is 2.47. The van der Waals surface area contributed by atoms with Gasteiger partial charge >= 0.3 is 0 Å². The van der Waals surface area contributed by atoms with Gasteiger partial charge in [-0.2, -0.15) is 0 Å². The first-order valence-corrected chi connectivity index (χ1v) is 6.58. The number of rotatable bonds is 10. The van der Waals surface area contributed by atoms with Crippen LogP contribution in [0.4, 0.5) is 0 Å². The summed E-state index contributed by atoms with van der Waals surface area (Å²) in [5.41, 5.74) is 0. The summed E-state index contributed by atoms with van der Waals surface area (Å²) in [4.78, 5) is 4.26. The molecule has 17 heavy (non-hydrogen) atoms. The van der Waals surface area contributed by atoms with Crippen molar-refractivity contribution in [2.45, 2.75) is 39.5 Å². The smallest absolute Gasteiger partial charge is 0.194 e. The molecule has 98 valence electrons. The monoisotopic (exact) mass is 240 g/mol. The highest BCUT2D eigenvalue weighted by atomic mass is 16.5. The van der Waals surface area contributed by atoms with E-state index in [-0.39, 0.29) is 0 Å². The van der Waals surface area contributed by atoms with Gasteiger partial charge in [-0.15, -0.1) is 0 Å². The van der Waals surface area contributed by atoms with Crippen LogP contribution in [-0.4, -0.2) is 31.3 Å². The van der Waals surface area contributed by atoms with Gasteiger partial charge in [-0.05, 0) is 32.9 Å². The molecule has 1 aromatic heterocycles. The van der Waals surface area contributed by atoms with E-state index in [0.717, 1.165) is 50.6 Å². The average Bonchev–Trinajstić information content (AvgIpc) is 2.77. The Morgan fingerprint density at radius 2 is 2.18 bits per heavy atom. The maximum atomic E-state index is 5.62. The van der Waals surface area contributed by atoms with Crippen LogP contribution < -0.4 is 5.32 Å². The molecule has 0 aliphatic carbocycles. The van der Waals surface area contributed by atoms with E-state index >= 15 is 0 Å². The van der Waals surface area contributed by atoms with E-state index in [0.29, 0.717) is 6.61 Å². The Hall–Kier alpha value is -0.870. The summed E-state index contributed by atoms with van der Waals surface area (Å²) >= 11 is 0. The van der Waals surface area contributed by atoms with Crippen LogP contribution in [0.5, 0.6) is 0 Å². The van der Waals surface area contributed by atoms with Gasteiger partial charge in [0.2, 0.25) is 0 Å². The number of nitrogens with zero attached hydrogens (tertiary/aromatic N) is 1. The third-order valence-electron chi connectivity index (χ3n) is 2.47. The molecule has 0 aromatic carbocycles. The zero-order valence-electron chi connectivity index (χ0n) is 11.0. The van der Waals surface area contributed by atoms with Gasteiger partial charge in [-0.3, -0.25) is 0 Å². The van der Waals surface area contributed by atoms with Crippen LogP contribution in [0.3, 0.4) is 0 Å². The first kappa shape index (κ1) is 14.2. The van der Waals surface area contributed by atoms with Gasteiger partial charge in [0, 0.05) is 19.4 Å². The first-order valence-electron chi connectivity index (χ1n) is 6.58. The Morgan fingerprint density at radius 3 is 2.94 bits per heavy atom. The Bertz CT molecular complexity index is 287. The number of ether oxygens (including phenoxy) is 1.